The molecule has 0 radical (unpaired) electrons. The highest BCUT2D eigenvalue weighted by atomic mass is 79.9. The molecule has 0 bridgehead atoms. The first-order valence-corrected chi connectivity index (χ1v) is 7.27. The van der Waals surface area contributed by atoms with Gasteiger partial charge in [-0.15, -0.1) is 0 Å². The number of nitrogen functional groups attached to an aromatic ring is 1. The molecule has 2 rings (SSSR count). The zero-order chi connectivity index (χ0) is 12.6. The number of sulfone groups is 1. The zero-order valence-electron chi connectivity index (χ0n) is 8.84. The molecular weight excluding hydrogens is 308 g/mol. The highest BCUT2D eigenvalue weighted by molar-refractivity contribution is 9.10. The number of hydrogen-bond acceptors (Lipinski definition) is 5. The Hall–Kier alpha value is -1.34. The third-order valence-corrected chi connectivity index (χ3v) is 3.76. The molecule has 7 heteroatoms. The van der Waals surface area contributed by atoms with Crippen molar-refractivity contribution < 1.29 is 12.9 Å². The van der Waals surface area contributed by atoms with Crippen LogP contribution in [-0.2, 0) is 9.84 Å². The maximum atomic E-state index is 11.5. The Morgan fingerprint density at radius 3 is 2.59 bits per heavy atom. The van der Waals surface area contributed by atoms with Gasteiger partial charge in [-0.2, -0.15) is 0 Å². The van der Waals surface area contributed by atoms with Gasteiger partial charge in [-0.3, -0.25) is 0 Å². The van der Waals surface area contributed by atoms with E-state index in [-0.39, 0.29) is 10.8 Å². The number of rotatable bonds is 2. The molecule has 90 valence electrons. The average molecular weight is 317 g/mol. The molecule has 0 amide bonds. The lowest BCUT2D eigenvalue weighted by molar-refractivity contribution is 0.436. The minimum absolute atomic E-state index is 0.155. The normalized spacial score (nSPS) is 11.6. The number of aromatic nitrogens is 1. The van der Waals surface area contributed by atoms with Crippen molar-refractivity contribution in [3.05, 3.63) is 28.9 Å². The molecule has 0 aliphatic carbocycles. The Morgan fingerprint density at radius 1 is 1.35 bits per heavy atom. The maximum Gasteiger partial charge on any atom is 0.229 e. The Balaban J connectivity index is 2.65. The van der Waals surface area contributed by atoms with E-state index in [9.17, 15) is 8.42 Å². The summed E-state index contributed by atoms with van der Waals surface area (Å²) in [5.74, 6) is 0.155. The first-order valence-electron chi connectivity index (χ1n) is 4.59. The lowest BCUT2D eigenvalue weighted by atomic mass is 10.1. The second-order valence-corrected chi connectivity index (χ2v) is 6.48. The highest BCUT2D eigenvalue weighted by Gasteiger charge is 2.13. The summed E-state index contributed by atoms with van der Waals surface area (Å²) in [7, 11) is -3.27. The van der Waals surface area contributed by atoms with Gasteiger partial charge in [-0.25, -0.2) is 8.42 Å². The maximum absolute atomic E-state index is 11.5. The minimum Gasteiger partial charge on any atom is -0.367 e. The standard InChI is InChI=1S/C10H9BrN2O3S/c1-17(14,15)8-3-6(2-7(11)4-8)9-5-13-16-10(9)12/h2-5H,12H2,1H3. The minimum atomic E-state index is -3.27. The third kappa shape index (κ3) is 2.50. The molecule has 1 aromatic carbocycles. The first kappa shape index (κ1) is 12.1. The highest BCUT2D eigenvalue weighted by Crippen LogP contribution is 2.30. The zero-order valence-corrected chi connectivity index (χ0v) is 11.2. The van der Waals surface area contributed by atoms with Crippen LogP contribution in [0.4, 0.5) is 5.88 Å². The summed E-state index contributed by atoms with van der Waals surface area (Å²) in [5, 5.41) is 3.55. The SMILES string of the molecule is CS(=O)(=O)c1cc(Br)cc(-c2cnoc2N)c1. The molecule has 1 heterocycles. The fourth-order valence-electron chi connectivity index (χ4n) is 1.40. The van der Waals surface area contributed by atoms with Gasteiger partial charge < -0.3 is 10.3 Å². The monoisotopic (exact) mass is 316 g/mol. The van der Waals surface area contributed by atoms with Crippen LogP contribution in [-0.4, -0.2) is 19.8 Å². The van der Waals surface area contributed by atoms with Crippen molar-refractivity contribution in [1.82, 2.24) is 5.16 Å². The summed E-state index contributed by atoms with van der Waals surface area (Å²) < 4.78 is 28.4. The van der Waals surface area contributed by atoms with Crippen LogP contribution in [0, 0.1) is 0 Å². The Bertz CT molecular complexity index is 664. The molecule has 0 spiro atoms. The van der Waals surface area contributed by atoms with Crippen molar-refractivity contribution in [1.29, 1.82) is 0 Å². The van der Waals surface area contributed by atoms with Crippen molar-refractivity contribution in [2.24, 2.45) is 0 Å². The van der Waals surface area contributed by atoms with Crippen LogP contribution in [0.5, 0.6) is 0 Å². The summed E-state index contributed by atoms with van der Waals surface area (Å²) in [5.41, 5.74) is 6.79. The van der Waals surface area contributed by atoms with E-state index in [2.05, 4.69) is 21.1 Å². The van der Waals surface area contributed by atoms with Gasteiger partial charge in [0.05, 0.1) is 16.7 Å². The molecule has 1 aromatic heterocycles. The molecule has 17 heavy (non-hydrogen) atoms. The molecule has 0 atom stereocenters. The topological polar surface area (TPSA) is 86.2 Å². The van der Waals surface area contributed by atoms with Gasteiger partial charge in [0.15, 0.2) is 9.84 Å². The summed E-state index contributed by atoms with van der Waals surface area (Å²) in [6, 6.07) is 4.81. The lowest BCUT2D eigenvalue weighted by Crippen LogP contribution is -1.97. The number of nitrogens with zero attached hydrogens (tertiary/aromatic N) is 1. The predicted octanol–water partition coefficient (Wildman–Crippen LogP) is 2.09. The molecule has 0 aliphatic heterocycles. The molecule has 0 saturated carbocycles. The molecule has 0 fully saturated rings. The van der Waals surface area contributed by atoms with E-state index in [4.69, 9.17) is 10.3 Å². The van der Waals surface area contributed by atoms with Crippen LogP contribution in [0.2, 0.25) is 0 Å². The molecule has 0 unspecified atom stereocenters. The Morgan fingerprint density at radius 2 is 2.06 bits per heavy atom. The third-order valence-electron chi connectivity index (χ3n) is 2.21. The van der Waals surface area contributed by atoms with Crippen LogP contribution < -0.4 is 5.73 Å². The Kier molecular flexibility index (Phi) is 2.96. The smallest absolute Gasteiger partial charge is 0.229 e. The average Bonchev–Trinajstić information content (AvgIpc) is 2.62. The number of benzene rings is 1. The fourth-order valence-corrected chi connectivity index (χ4v) is 2.72. The van der Waals surface area contributed by atoms with E-state index < -0.39 is 9.84 Å². The van der Waals surface area contributed by atoms with Gasteiger partial charge in [0, 0.05) is 10.7 Å². The second kappa shape index (κ2) is 4.15. The summed E-state index contributed by atoms with van der Waals surface area (Å²) in [6.45, 7) is 0. The van der Waals surface area contributed by atoms with Crippen molar-refractivity contribution in [2.45, 2.75) is 4.90 Å². The van der Waals surface area contributed by atoms with E-state index in [0.29, 0.717) is 15.6 Å². The summed E-state index contributed by atoms with van der Waals surface area (Å²) in [6.07, 6.45) is 2.60. The molecule has 5 nitrogen and oxygen atoms in total. The summed E-state index contributed by atoms with van der Waals surface area (Å²) >= 11 is 3.26. The van der Waals surface area contributed by atoms with Gasteiger partial charge in [0.25, 0.3) is 0 Å². The van der Waals surface area contributed by atoms with Gasteiger partial charge >= 0.3 is 0 Å². The van der Waals surface area contributed by atoms with E-state index in [1.165, 1.54) is 18.3 Å². The largest absolute Gasteiger partial charge is 0.367 e. The van der Waals surface area contributed by atoms with Gasteiger partial charge in [0.1, 0.15) is 0 Å². The fraction of sp³-hybridized carbons (Fsp3) is 0.100. The number of halogens is 1. The van der Waals surface area contributed by atoms with Crippen molar-refractivity contribution >= 4 is 31.7 Å². The van der Waals surface area contributed by atoms with Crippen LogP contribution >= 0.6 is 15.9 Å². The quantitative estimate of drug-likeness (QED) is 0.916. The van der Waals surface area contributed by atoms with Crippen LogP contribution in [0.1, 0.15) is 0 Å². The van der Waals surface area contributed by atoms with E-state index >= 15 is 0 Å². The number of anilines is 1. The van der Waals surface area contributed by atoms with Gasteiger partial charge in [-0.1, -0.05) is 21.1 Å². The van der Waals surface area contributed by atoms with Crippen molar-refractivity contribution in [3.63, 3.8) is 0 Å². The lowest BCUT2D eigenvalue weighted by Gasteiger charge is -2.04. The van der Waals surface area contributed by atoms with Crippen LogP contribution in [0.15, 0.2) is 38.3 Å². The van der Waals surface area contributed by atoms with Gasteiger partial charge in [-0.05, 0) is 23.8 Å². The van der Waals surface area contributed by atoms with Crippen LogP contribution in [0.25, 0.3) is 11.1 Å². The van der Waals surface area contributed by atoms with E-state index in [1.54, 1.807) is 6.07 Å². The number of hydrogen-bond donors (Lipinski definition) is 1. The molecule has 0 aliphatic rings. The van der Waals surface area contributed by atoms with Crippen LogP contribution in [0.3, 0.4) is 0 Å². The van der Waals surface area contributed by atoms with Gasteiger partial charge in [0.2, 0.25) is 5.88 Å². The second-order valence-electron chi connectivity index (χ2n) is 3.55. The Labute approximate surface area is 107 Å². The molecule has 0 saturated heterocycles. The van der Waals surface area contributed by atoms with Crippen molar-refractivity contribution in [2.75, 3.05) is 12.0 Å². The summed E-state index contributed by atoms with van der Waals surface area (Å²) in [4.78, 5) is 0.211. The molecule has 2 aromatic rings. The van der Waals surface area contributed by atoms with Crippen molar-refractivity contribution in [3.8, 4) is 11.1 Å². The van der Waals surface area contributed by atoms with E-state index in [0.717, 1.165) is 6.26 Å². The molecular formula is C10H9BrN2O3S. The first-order chi connectivity index (χ1) is 7.88. The molecule has 2 N–H and O–H groups in total. The van der Waals surface area contributed by atoms with E-state index in [1.807, 2.05) is 0 Å². The number of nitrogens with two attached hydrogens (primary N) is 1. The predicted molar refractivity (Wildman–Crippen MR) is 67.2 cm³/mol.